The molecule has 1 aromatic heterocycles. The van der Waals surface area contributed by atoms with Crippen molar-refractivity contribution >= 4 is 12.6 Å². The third-order valence-corrected chi connectivity index (χ3v) is 3.81. The first kappa shape index (κ1) is 26.7. The number of hydrogen-bond acceptors (Lipinski definition) is 4. The molecule has 0 saturated heterocycles. The van der Waals surface area contributed by atoms with Crippen molar-refractivity contribution in [3.05, 3.63) is 121 Å². The van der Waals surface area contributed by atoms with Gasteiger partial charge in [-0.25, -0.2) is 0 Å². The average molecular weight is 418 g/mol. The summed E-state index contributed by atoms with van der Waals surface area (Å²) in [5.41, 5.74) is 14.4. The standard InChI is InChI=1S/C16H14S.C6H8N2.C2H5N.C2H4/c1-13-3-2-4-14(6-5-13)7-8-15-9-11-16(17)12-10-15;7-5-6-1-3-8-4-2-6;1-2-3;1-2/h3-6,9-12,17H,2H2,1H3;1-4H,5,7H2;2H,1,3H2;1-2H2. The van der Waals surface area contributed by atoms with E-state index in [2.05, 4.69) is 86.2 Å². The quantitative estimate of drug-likeness (QED) is 0.322. The lowest BCUT2D eigenvalue weighted by Crippen LogP contribution is -1.94. The Morgan fingerprint density at radius 2 is 1.63 bits per heavy atom. The number of allylic oxidation sites excluding steroid dienone is 6. The molecule has 3 rings (SSSR count). The van der Waals surface area contributed by atoms with Crippen molar-refractivity contribution in [2.45, 2.75) is 24.8 Å². The van der Waals surface area contributed by atoms with E-state index in [0.29, 0.717) is 6.54 Å². The maximum Gasteiger partial charge on any atom is 0.0271 e. The van der Waals surface area contributed by atoms with Gasteiger partial charge in [0.15, 0.2) is 0 Å². The maximum absolute atomic E-state index is 5.32. The molecule has 1 heterocycles. The molecule has 2 aromatic rings. The largest absolute Gasteiger partial charge is 0.405 e. The zero-order chi connectivity index (χ0) is 22.6. The minimum atomic E-state index is 0.600. The highest BCUT2D eigenvalue weighted by molar-refractivity contribution is 7.80. The van der Waals surface area contributed by atoms with Crippen molar-refractivity contribution in [3.63, 3.8) is 0 Å². The highest BCUT2D eigenvalue weighted by Gasteiger charge is 1.92. The highest BCUT2D eigenvalue weighted by Crippen LogP contribution is 2.10. The van der Waals surface area contributed by atoms with Crippen LogP contribution in [0, 0.1) is 11.8 Å². The number of nitrogens with two attached hydrogens (primary N) is 2. The Morgan fingerprint density at radius 1 is 1.03 bits per heavy atom. The van der Waals surface area contributed by atoms with Gasteiger partial charge in [0.1, 0.15) is 0 Å². The first-order valence-electron chi connectivity index (χ1n) is 9.36. The molecular weight excluding hydrogens is 386 g/mol. The Bertz CT molecular complexity index is 883. The molecule has 0 atom stereocenters. The van der Waals surface area contributed by atoms with Gasteiger partial charge in [0.05, 0.1) is 0 Å². The van der Waals surface area contributed by atoms with Crippen molar-refractivity contribution in [2.75, 3.05) is 0 Å². The fourth-order valence-corrected chi connectivity index (χ4v) is 2.18. The molecule has 0 unspecified atom stereocenters. The Hall–Kier alpha value is -3.26. The molecule has 0 radical (unpaired) electrons. The molecule has 1 aliphatic rings. The molecule has 0 spiro atoms. The van der Waals surface area contributed by atoms with Gasteiger partial charge in [0, 0.05) is 35.0 Å². The summed E-state index contributed by atoms with van der Waals surface area (Å²) in [6.07, 6.45) is 14.2. The van der Waals surface area contributed by atoms with E-state index < -0.39 is 0 Å². The molecule has 4 N–H and O–H groups in total. The van der Waals surface area contributed by atoms with Crippen molar-refractivity contribution in [1.29, 1.82) is 0 Å². The van der Waals surface area contributed by atoms with Crippen molar-refractivity contribution in [1.82, 2.24) is 4.98 Å². The molecule has 0 saturated carbocycles. The molecule has 0 aliphatic heterocycles. The van der Waals surface area contributed by atoms with Crippen LogP contribution >= 0.6 is 12.6 Å². The van der Waals surface area contributed by atoms with Crippen LogP contribution in [0.25, 0.3) is 0 Å². The van der Waals surface area contributed by atoms with Crippen LogP contribution in [0.5, 0.6) is 0 Å². The van der Waals surface area contributed by atoms with Gasteiger partial charge in [-0.3, -0.25) is 4.98 Å². The number of nitrogens with zero attached hydrogens (tertiary/aromatic N) is 1. The van der Waals surface area contributed by atoms with Crippen LogP contribution in [0.3, 0.4) is 0 Å². The molecule has 0 fully saturated rings. The smallest absolute Gasteiger partial charge is 0.0271 e. The number of thiol groups is 1. The zero-order valence-corrected chi connectivity index (χ0v) is 18.5. The van der Waals surface area contributed by atoms with Gasteiger partial charge in [0.25, 0.3) is 0 Å². The summed E-state index contributed by atoms with van der Waals surface area (Å²) in [6, 6.07) is 11.7. The van der Waals surface area contributed by atoms with Gasteiger partial charge in [-0.1, -0.05) is 42.2 Å². The van der Waals surface area contributed by atoms with Crippen LogP contribution < -0.4 is 11.5 Å². The number of benzene rings is 1. The molecule has 0 bridgehead atoms. The van der Waals surface area contributed by atoms with Gasteiger partial charge in [0.2, 0.25) is 0 Å². The number of aromatic nitrogens is 1. The number of rotatable bonds is 1. The number of hydrogen-bond donors (Lipinski definition) is 3. The Balaban J connectivity index is 0.000000539. The van der Waals surface area contributed by atoms with Crippen LogP contribution in [0.2, 0.25) is 0 Å². The zero-order valence-electron chi connectivity index (χ0n) is 17.6. The molecule has 30 heavy (non-hydrogen) atoms. The van der Waals surface area contributed by atoms with Gasteiger partial charge >= 0.3 is 0 Å². The van der Waals surface area contributed by atoms with E-state index in [9.17, 15) is 0 Å². The maximum atomic E-state index is 5.32. The van der Waals surface area contributed by atoms with Crippen LogP contribution in [-0.2, 0) is 6.54 Å². The van der Waals surface area contributed by atoms with Crippen molar-refractivity contribution < 1.29 is 0 Å². The summed E-state index contributed by atoms with van der Waals surface area (Å²) in [5.74, 6) is 6.34. The Kier molecular flexibility index (Phi) is 15.9. The predicted octanol–water partition coefficient (Wildman–Crippen LogP) is 5.59. The van der Waals surface area contributed by atoms with E-state index in [-0.39, 0.29) is 0 Å². The molecule has 156 valence electrons. The van der Waals surface area contributed by atoms with E-state index in [1.165, 1.54) is 11.8 Å². The Labute approximate surface area is 187 Å². The molecular formula is C26H31N3S. The third kappa shape index (κ3) is 13.0. The summed E-state index contributed by atoms with van der Waals surface area (Å²) in [4.78, 5) is 4.80. The predicted molar refractivity (Wildman–Crippen MR) is 134 cm³/mol. The van der Waals surface area contributed by atoms with Gasteiger partial charge in [-0.2, -0.15) is 0 Å². The summed E-state index contributed by atoms with van der Waals surface area (Å²) in [5, 5.41) is 0. The first-order valence-corrected chi connectivity index (χ1v) is 9.81. The first-order chi connectivity index (χ1) is 14.6. The van der Waals surface area contributed by atoms with Crippen LogP contribution in [-0.4, -0.2) is 4.98 Å². The monoisotopic (exact) mass is 417 g/mol. The molecule has 4 heteroatoms. The highest BCUT2D eigenvalue weighted by atomic mass is 32.1. The van der Waals surface area contributed by atoms with Gasteiger partial charge in [-0.05, 0) is 67.6 Å². The second kappa shape index (κ2) is 17.8. The second-order valence-electron chi connectivity index (χ2n) is 5.77. The molecule has 1 aliphatic carbocycles. The summed E-state index contributed by atoms with van der Waals surface area (Å²) in [6.45, 7) is 11.8. The Morgan fingerprint density at radius 3 is 2.17 bits per heavy atom. The van der Waals surface area contributed by atoms with E-state index >= 15 is 0 Å². The molecule has 1 aromatic carbocycles. The van der Waals surface area contributed by atoms with E-state index in [0.717, 1.165) is 28.0 Å². The minimum Gasteiger partial charge on any atom is -0.405 e. The average Bonchev–Trinajstić information content (AvgIpc) is 3.00. The molecule has 3 nitrogen and oxygen atoms in total. The van der Waals surface area contributed by atoms with E-state index in [1.54, 1.807) is 12.4 Å². The fraction of sp³-hybridized carbons (Fsp3) is 0.115. The SMILES string of the molecule is C=C.C=CN.CC1=CCC=C(C#Cc2ccc(S)cc2)C=C1.NCc1ccncc1. The lowest BCUT2D eigenvalue weighted by molar-refractivity contribution is 1.06. The van der Waals surface area contributed by atoms with Crippen molar-refractivity contribution in [2.24, 2.45) is 11.5 Å². The second-order valence-corrected chi connectivity index (χ2v) is 6.29. The van der Waals surface area contributed by atoms with Gasteiger partial charge in [-0.15, -0.1) is 25.8 Å². The lowest BCUT2D eigenvalue weighted by atomic mass is 10.2. The van der Waals surface area contributed by atoms with Crippen molar-refractivity contribution in [3.8, 4) is 11.8 Å². The third-order valence-electron chi connectivity index (χ3n) is 3.51. The minimum absolute atomic E-state index is 0.600. The summed E-state index contributed by atoms with van der Waals surface area (Å²) >= 11 is 4.25. The normalized spacial score (nSPS) is 11.0. The van der Waals surface area contributed by atoms with E-state index in [4.69, 9.17) is 5.73 Å². The lowest BCUT2D eigenvalue weighted by Gasteiger charge is -1.91. The van der Waals surface area contributed by atoms with Crippen LogP contribution in [0.15, 0.2) is 115 Å². The van der Waals surface area contributed by atoms with Crippen LogP contribution in [0.4, 0.5) is 0 Å². The summed E-state index contributed by atoms with van der Waals surface area (Å²) in [7, 11) is 0. The number of pyridine rings is 1. The van der Waals surface area contributed by atoms with E-state index in [1.807, 2.05) is 36.4 Å². The van der Waals surface area contributed by atoms with Crippen LogP contribution in [0.1, 0.15) is 24.5 Å². The fourth-order valence-electron chi connectivity index (χ4n) is 2.03. The summed E-state index contributed by atoms with van der Waals surface area (Å²) < 4.78 is 0. The van der Waals surface area contributed by atoms with Gasteiger partial charge < -0.3 is 11.5 Å². The topological polar surface area (TPSA) is 64.9 Å². The molecule has 0 amide bonds.